The summed E-state index contributed by atoms with van der Waals surface area (Å²) in [6.45, 7) is 1.50. The average molecular weight is 172 g/mol. The van der Waals surface area contributed by atoms with Crippen LogP contribution in [0.2, 0.25) is 0 Å². The van der Waals surface area contributed by atoms with Crippen molar-refractivity contribution in [1.29, 1.82) is 0 Å². The summed E-state index contributed by atoms with van der Waals surface area (Å²) in [5.41, 5.74) is 0. The molecule has 0 unspecified atom stereocenters. The lowest BCUT2D eigenvalue weighted by Crippen LogP contribution is -2.15. The van der Waals surface area contributed by atoms with Gasteiger partial charge in [0.25, 0.3) is 0 Å². The molecule has 4 nitrogen and oxygen atoms in total. The van der Waals surface area contributed by atoms with Crippen molar-refractivity contribution < 1.29 is 9.90 Å². The lowest BCUT2D eigenvalue weighted by Gasteiger charge is -1.99. The minimum absolute atomic E-state index is 0.0510. The number of rotatable bonds is 8. The Hall–Kier alpha value is -0.700. The van der Waals surface area contributed by atoms with Gasteiger partial charge in [0.05, 0.1) is 13.3 Å². The van der Waals surface area contributed by atoms with E-state index in [4.69, 9.17) is 5.11 Å². The van der Waals surface area contributed by atoms with Gasteiger partial charge in [-0.2, -0.15) is 0 Å². The number of nitrogens with one attached hydrogen (secondary N) is 1. The molecule has 0 heterocycles. The number of carbonyl (C=O) groups excluding carboxylic acids is 1. The van der Waals surface area contributed by atoms with Gasteiger partial charge >= 0.3 is 0 Å². The number of hydrogen-bond acceptors (Lipinski definition) is 4. The van der Waals surface area contributed by atoms with E-state index < -0.39 is 0 Å². The predicted molar refractivity (Wildman–Crippen MR) is 46.5 cm³/mol. The average Bonchev–Trinajstić information content (AvgIpc) is 2.10. The van der Waals surface area contributed by atoms with Crippen molar-refractivity contribution in [3.05, 3.63) is 0 Å². The van der Waals surface area contributed by atoms with Gasteiger partial charge in [-0.1, -0.05) is 12.8 Å². The molecule has 0 saturated carbocycles. The van der Waals surface area contributed by atoms with Gasteiger partial charge in [-0.3, -0.25) is 5.32 Å². The third-order valence-corrected chi connectivity index (χ3v) is 1.55. The molecule has 0 radical (unpaired) electrons. The Morgan fingerprint density at radius 3 is 2.67 bits per heavy atom. The summed E-state index contributed by atoms with van der Waals surface area (Å²) in [6, 6.07) is 0. The van der Waals surface area contributed by atoms with Crippen molar-refractivity contribution in [2.45, 2.75) is 25.7 Å². The van der Waals surface area contributed by atoms with E-state index in [1.807, 2.05) is 0 Å². The summed E-state index contributed by atoms with van der Waals surface area (Å²) < 4.78 is 0. The number of aliphatic imine (C=N–C) groups is 1. The van der Waals surface area contributed by atoms with Gasteiger partial charge in [-0.25, -0.2) is 9.79 Å². The smallest absolute Gasteiger partial charge is 0.234 e. The van der Waals surface area contributed by atoms with Crippen LogP contribution in [0.15, 0.2) is 4.99 Å². The van der Waals surface area contributed by atoms with E-state index in [9.17, 15) is 4.79 Å². The van der Waals surface area contributed by atoms with E-state index in [1.165, 1.54) is 6.08 Å². The minimum atomic E-state index is 0.0510. The second-order valence-electron chi connectivity index (χ2n) is 2.55. The fraction of sp³-hybridized carbons (Fsp3) is 0.875. The first-order valence-electron chi connectivity index (χ1n) is 4.27. The first kappa shape index (κ1) is 11.3. The topological polar surface area (TPSA) is 61.7 Å². The highest BCUT2D eigenvalue weighted by Gasteiger charge is 1.88. The highest BCUT2D eigenvalue weighted by molar-refractivity contribution is 5.32. The largest absolute Gasteiger partial charge is 0.381 e. The highest BCUT2D eigenvalue weighted by atomic mass is 16.3. The zero-order valence-electron chi connectivity index (χ0n) is 7.25. The molecule has 0 aromatic carbocycles. The summed E-state index contributed by atoms with van der Waals surface area (Å²) in [6.07, 6.45) is 5.72. The van der Waals surface area contributed by atoms with Crippen LogP contribution in [0.5, 0.6) is 0 Å². The molecule has 0 atom stereocenters. The van der Waals surface area contributed by atoms with E-state index in [-0.39, 0.29) is 6.73 Å². The molecule has 0 amide bonds. The molecular formula is C8H16N2O2. The SMILES string of the molecule is O=C=NCCCCCCNCO. The number of unbranched alkanes of at least 4 members (excludes halogenated alkanes) is 3. The van der Waals surface area contributed by atoms with E-state index in [2.05, 4.69) is 10.3 Å². The number of aliphatic hydroxyl groups excluding tert-OH is 1. The quantitative estimate of drug-likeness (QED) is 0.241. The van der Waals surface area contributed by atoms with Gasteiger partial charge in [0.2, 0.25) is 6.08 Å². The Morgan fingerprint density at radius 1 is 1.25 bits per heavy atom. The van der Waals surface area contributed by atoms with Crippen molar-refractivity contribution in [1.82, 2.24) is 5.32 Å². The second-order valence-corrected chi connectivity index (χ2v) is 2.55. The number of nitrogens with zero attached hydrogens (tertiary/aromatic N) is 1. The monoisotopic (exact) mass is 172 g/mol. The van der Waals surface area contributed by atoms with Crippen LogP contribution >= 0.6 is 0 Å². The van der Waals surface area contributed by atoms with Crippen molar-refractivity contribution in [3.63, 3.8) is 0 Å². The maximum absolute atomic E-state index is 9.65. The summed E-state index contributed by atoms with van der Waals surface area (Å²) >= 11 is 0. The molecule has 0 rings (SSSR count). The van der Waals surface area contributed by atoms with Gasteiger partial charge in [0.15, 0.2) is 0 Å². The fourth-order valence-electron chi connectivity index (χ4n) is 0.919. The first-order valence-corrected chi connectivity index (χ1v) is 4.27. The Bertz CT molecular complexity index is 133. The van der Waals surface area contributed by atoms with Gasteiger partial charge < -0.3 is 5.11 Å². The van der Waals surface area contributed by atoms with Crippen LogP contribution < -0.4 is 5.32 Å². The molecule has 0 aliphatic heterocycles. The summed E-state index contributed by atoms with van der Waals surface area (Å²) in [4.78, 5) is 13.1. The molecule has 0 aromatic rings. The molecule has 2 N–H and O–H groups in total. The summed E-state index contributed by atoms with van der Waals surface area (Å²) in [7, 11) is 0. The molecule has 0 fully saturated rings. The van der Waals surface area contributed by atoms with Crippen LogP contribution in [-0.2, 0) is 4.79 Å². The van der Waals surface area contributed by atoms with Crippen LogP contribution in [0.3, 0.4) is 0 Å². The predicted octanol–water partition coefficient (Wildman–Crippen LogP) is 0.422. The van der Waals surface area contributed by atoms with Gasteiger partial charge in [-0.05, 0) is 19.4 Å². The maximum Gasteiger partial charge on any atom is 0.234 e. The third-order valence-electron chi connectivity index (χ3n) is 1.55. The van der Waals surface area contributed by atoms with Crippen LogP contribution in [0.1, 0.15) is 25.7 Å². The van der Waals surface area contributed by atoms with Crippen molar-refractivity contribution in [3.8, 4) is 0 Å². The van der Waals surface area contributed by atoms with Crippen molar-refractivity contribution in [2.75, 3.05) is 19.8 Å². The van der Waals surface area contributed by atoms with Gasteiger partial charge in [-0.15, -0.1) is 0 Å². The van der Waals surface area contributed by atoms with Crippen molar-refractivity contribution >= 4 is 6.08 Å². The Balaban J connectivity index is 2.86. The molecule has 70 valence electrons. The van der Waals surface area contributed by atoms with Crippen LogP contribution in [0.25, 0.3) is 0 Å². The van der Waals surface area contributed by atoms with E-state index in [0.717, 1.165) is 32.2 Å². The third kappa shape index (κ3) is 9.30. The van der Waals surface area contributed by atoms with Gasteiger partial charge in [0, 0.05) is 0 Å². The van der Waals surface area contributed by atoms with E-state index in [0.29, 0.717) is 6.54 Å². The summed E-state index contributed by atoms with van der Waals surface area (Å²) in [5.74, 6) is 0. The zero-order valence-corrected chi connectivity index (χ0v) is 7.25. The highest BCUT2D eigenvalue weighted by Crippen LogP contribution is 1.98. The molecule has 0 aliphatic carbocycles. The van der Waals surface area contributed by atoms with Gasteiger partial charge in [0.1, 0.15) is 0 Å². The summed E-state index contributed by atoms with van der Waals surface area (Å²) in [5, 5.41) is 11.2. The zero-order chi connectivity index (χ0) is 9.07. The Kier molecular flexibility index (Phi) is 9.70. The lowest BCUT2D eigenvalue weighted by atomic mass is 10.2. The first-order chi connectivity index (χ1) is 5.91. The molecule has 0 saturated heterocycles. The normalized spacial score (nSPS) is 9.42. The van der Waals surface area contributed by atoms with E-state index in [1.54, 1.807) is 0 Å². The Morgan fingerprint density at radius 2 is 2.00 bits per heavy atom. The molecule has 0 spiro atoms. The number of isocyanates is 1. The number of hydrogen-bond donors (Lipinski definition) is 2. The molecule has 12 heavy (non-hydrogen) atoms. The maximum atomic E-state index is 9.65. The minimum Gasteiger partial charge on any atom is -0.381 e. The number of aliphatic hydroxyl groups is 1. The van der Waals surface area contributed by atoms with Crippen LogP contribution in [0.4, 0.5) is 0 Å². The fourth-order valence-corrected chi connectivity index (χ4v) is 0.919. The molecule has 4 heteroatoms. The van der Waals surface area contributed by atoms with Crippen molar-refractivity contribution in [2.24, 2.45) is 4.99 Å². The molecule has 0 bridgehead atoms. The lowest BCUT2D eigenvalue weighted by molar-refractivity contribution is 0.260. The Labute approximate surface area is 72.7 Å². The standard InChI is InChI=1S/C8H16N2O2/c11-7-9-5-3-1-2-4-6-10-8-12/h9,11H,1-7H2. The molecule has 0 aromatic heterocycles. The molecule has 0 aliphatic rings. The second kappa shape index (κ2) is 10.3. The van der Waals surface area contributed by atoms with Crippen LogP contribution in [-0.4, -0.2) is 31.0 Å². The van der Waals surface area contributed by atoms with E-state index >= 15 is 0 Å². The van der Waals surface area contributed by atoms with Crippen LogP contribution in [0, 0.1) is 0 Å². The molecular weight excluding hydrogens is 156 g/mol.